The molecule has 0 spiro atoms. The van der Waals surface area contributed by atoms with E-state index < -0.39 is 0 Å². The van der Waals surface area contributed by atoms with Crippen LogP contribution < -0.4 is 5.32 Å². The SMILES string of the molecule is CCCSc1ncccc1C(=O)Nc1cccc2nonc12. The minimum atomic E-state index is -0.220. The second kappa shape index (κ2) is 6.57. The minimum Gasteiger partial charge on any atom is -0.320 e. The lowest BCUT2D eigenvalue weighted by atomic mass is 10.2. The molecule has 6 nitrogen and oxygen atoms in total. The molecule has 0 unspecified atom stereocenters. The second-order valence-electron chi connectivity index (χ2n) is 4.60. The van der Waals surface area contributed by atoms with E-state index in [0.29, 0.717) is 22.3 Å². The molecule has 0 aliphatic carbocycles. The number of nitrogens with zero attached hydrogens (tertiary/aromatic N) is 3. The van der Waals surface area contributed by atoms with Gasteiger partial charge in [0.05, 0.1) is 11.3 Å². The van der Waals surface area contributed by atoms with Gasteiger partial charge in [-0.2, -0.15) is 0 Å². The van der Waals surface area contributed by atoms with Gasteiger partial charge in [-0.05, 0) is 46.8 Å². The number of nitrogens with one attached hydrogen (secondary N) is 1. The molecule has 2 heterocycles. The van der Waals surface area contributed by atoms with Crippen LogP contribution in [0, 0.1) is 0 Å². The van der Waals surface area contributed by atoms with Gasteiger partial charge in [0.1, 0.15) is 10.5 Å². The standard InChI is InChI=1S/C15H14N4O2S/c1-2-9-22-15-10(5-4-8-16-15)14(20)17-11-6-3-7-12-13(11)19-21-18-12/h3-8H,2,9H2,1H3,(H,17,20). The monoisotopic (exact) mass is 314 g/mol. The molecule has 0 aliphatic rings. The smallest absolute Gasteiger partial charge is 0.258 e. The fraction of sp³-hybridized carbons (Fsp3) is 0.200. The molecular weight excluding hydrogens is 300 g/mol. The van der Waals surface area contributed by atoms with Crippen molar-refractivity contribution in [3.05, 3.63) is 42.1 Å². The highest BCUT2D eigenvalue weighted by atomic mass is 32.2. The third kappa shape index (κ3) is 2.94. The van der Waals surface area contributed by atoms with Crippen molar-refractivity contribution in [1.29, 1.82) is 0 Å². The Hall–Kier alpha value is -2.41. The molecule has 0 saturated carbocycles. The summed E-state index contributed by atoms with van der Waals surface area (Å²) in [6, 6.07) is 8.84. The Kier molecular flexibility index (Phi) is 4.34. The Morgan fingerprint density at radius 2 is 2.18 bits per heavy atom. The molecule has 3 aromatic rings. The van der Waals surface area contributed by atoms with E-state index in [4.69, 9.17) is 4.63 Å². The van der Waals surface area contributed by atoms with Gasteiger partial charge < -0.3 is 5.32 Å². The van der Waals surface area contributed by atoms with Gasteiger partial charge in [0.2, 0.25) is 0 Å². The fourth-order valence-electron chi connectivity index (χ4n) is 1.97. The third-order valence-corrected chi connectivity index (χ3v) is 4.20. The number of aromatic nitrogens is 3. The van der Waals surface area contributed by atoms with Crippen molar-refractivity contribution in [2.45, 2.75) is 18.4 Å². The van der Waals surface area contributed by atoms with Crippen molar-refractivity contribution < 1.29 is 9.42 Å². The molecule has 2 aromatic heterocycles. The molecule has 0 saturated heterocycles. The van der Waals surface area contributed by atoms with Crippen LogP contribution in [0.3, 0.4) is 0 Å². The zero-order valence-corrected chi connectivity index (χ0v) is 12.8. The number of rotatable bonds is 5. The zero-order valence-electron chi connectivity index (χ0n) is 11.9. The lowest BCUT2D eigenvalue weighted by molar-refractivity contribution is 0.102. The largest absolute Gasteiger partial charge is 0.320 e. The molecular formula is C15H14N4O2S. The van der Waals surface area contributed by atoms with Crippen LogP contribution in [0.4, 0.5) is 5.69 Å². The number of carbonyl (C=O) groups excluding carboxylic acids is 1. The summed E-state index contributed by atoms with van der Waals surface area (Å²) < 4.78 is 4.70. The normalized spacial score (nSPS) is 10.8. The second-order valence-corrected chi connectivity index (χ2v) is 5.68. The molecule has 1 aromatic carbocycles. The predicted octanol–water partition coefficient (Wildman–Crippen LogP) is 3.37. The summed E-state index contributed by atoms with van der Waals surface area (Å²) in [4.78, 5) is 16.8. The quantitative estimate of drug-likeness (QED) is 0.727. The maximum absolute atomic E-state index is 12.5. The molecule has 112 valence electrons. The van der Waals surface area contributed by atoms with Crippen LogP contribution in [0.5, 0.6) is 0 Å². The number of pyridine rings is 1. The highest BCUT2D eigenvalue weighted by Gasteiger charge is 2.15. The third-order valence-electron chi connectivity index (χ3n) is 2.99. The number of thioether (sulfide) groups is 1. The van der Waals surface area contributed by atoms with Crippen molar-refractivity contribution >= 4 is 34.4 Å². The van der Waals surface area contributed by atoms with Crippen molar-refractivity contribution in [3.8, 4) is 0 Å². The topological polar surface area (TPSA) is 80.9 Å². The fourth-order valence-corrected chi connectivity index (χ4v) is 2.82. The van der Waals surface area contributed by atoms with Crippen molar-refractivity contribution in [2.24, 2.45) is 0 Å². The molecule has 0 radical (unpaired) electrons. The van der Waals surface area contributed by atoms with Crippen LogP contribution in [0.1, 0.15) is 23.7 Å². The molecule has 1 amide bonds. The van der Waals surface area contributed by atoms with Crippen molar-refractivity contribution in [1.82, 2.24) is 15.3 Å². The maximum atomic E-state index is 12.5. The van der Waals surface area contributed by atoms with Crippen LogP contribution in [0.2, 0.25) is 0 Å². The highest BCUT2D eigenvalue weighted by Crippen LogP contribution is 2.24. The number of fused-ring (bicyclic) bond motifs is 1. The van der Waals surface area contributed by atoms with Crippen LogP contribution in [0.15, 0.2) is 46.2 Å². The first-order valence-electron chi connectivity index (χ1n) is 6.90. The van der Waals surface area contributed by atoms with Crippen LogP contribution in [-0.4, -0.2) is 27.0 Å². The van der Waals surface area contributed by atoms with Gasteiger partial charge in [-0.1, -0.05) is 13.0 Å². The summed E-state index contributed by atoms with van der Waals surface area (Å²) in [5.41, 5.74) is 2.25. The average molecular weight is 314 g/mol. The summed E-state index contributed by atoms with van der Waals surface area (Å²) in [6.45, 7) is 2.09. The molecule has 0 atom stereocenters. The number of benzene rings is 1. The Balaban J connectivity index is 1.87. The van der Waals surface area contributed by atoms with Gasteiger partial charge in [0.15, 0.2) is 5.52 Å². The van der Waals surface area contributed by atoms with Crippen molar-refractivity contribution in [3.63, 3.8) is 0 Å². The Labute approximate surface area is 131 Å². The average Bonchev–Trinajstić information content (AvgIpc) is 3.03. The van der Waals surface area contributed by atoms with Gasteiger partial charge in [-0.3, -0.25) is 4.79 Å². The highest BCUT2D eigenvalue weighted by molar-refractivity contribution is 7.99. The number of hydrogen-bond donors (Lipinski definition) is 1. The number of amides is 1. The lowest BCUT2D eigenvalue weighted by Crippen LogP contribution is -2.14. The molecule has 0 aliphatic heterocycles. The summed E-state index contributed by atoms with van der Waals surface area (Å²) in [5.74, 6) is 0.697. The van der Waals surface area contributed by atoms with Crippen LogP contribution >= 0.6 is 11.8 Å². The van der Waals surface area contributed by atoms with E-state index in [-0.39, 0.29) is 5.91 Å². The van der Waals surface area contributed by atoms with E-state index in [1.54, 1.807) is 48.3 Å². The molecule has 0 fully saturated rings. The van der Waals surface area contributed by atoms with Gasteiger partial charge in [0, 0.05) is 6.20 Å². The Morgan fingerprint density at radius 3 is 3.05 bits per heavy atom. The van der Waals surface area contributed by atoms with E-state index >= 15 is 0 Å². The van der Waals surface area contributed by atoms with E-state index in [9.17, 15) is 4.79 Å². The van der Waals surface area contributed by atoms with Crippen LogP contribution in [-0.2, 0) is 0 Å². The van der Waals surface area contributed by atoms with E-state index in [0.717, 1.165) is 17.2 Å². The number of carbonyl (C=O) groups is 1. The number of anilines is 1. The molecule has 0 bridgehead atoms. The first-order chi connectivity index (χ1) is 10.8. The van der Waals surface area contributed by atoms with Gasteiger partial charge in [-0.25, -0.2) is 9.61 Å². The zero-order chi connectivity index (χ0) is 15.4. The Morgan fingerprint density at radius 1 is 1.27 bits per heavy atom. The molecule has 1 N–H and O–H groups in total. The Bertz CT molecular complexity index is 803. The summed E-state index contributed by atoms with van der Waals surface area (Å²) in [6.07, 6.45) is 2.71. The van der Waals surface area contributed by atoms with Crippen molar-refractivity contribution in [2.75, 3.05) is 11.1 Å². The molecule has 3 rings (SSSR count). The molecule has 22 heavy (non-hydrogen) atoms. The van der Waals surface area contributed by atoms with Gasteiger partial charge >= 0.3 is 0 Å². The summed E-state index contributed by atoms with van der Waals surface area (Å²) >= 11 is 1.57. The summed E-state index contributed by atoms with van der Waals surface area (Å²) in [5, 5.41) is 11.2. The summed E-state index contributed by atoms with van der Waals surface area (Å²) in [7, 11) is 0. The van der Waals surface area contributed by atoms with Crippen LogP contribution in [0.25, 0.3) is 11.0 Å². The molecule has 7 heteroatoms. The lowest BCUT2D eigenvalue weighted by Gasteiger charge is -2.08. The minimum absolute atomic E-state index is 0.220. The van der Waals surface area contributed by atoms with E-state index in [1.807, 2.05) is 0 Å². The first-order valence-corrected chi connectivity index (χ1v) is 7.88. The van der Waals surface area contributed by atoms with Gasteiger partial charge in [0.25, 0.3) is 5.91 Å². The van der Waals surface area contributed by atoms with Gasteiger partial charge in [-0.15, -0.1) is 11.8 Å². The van der Waals surface area contributed by atoms with E-state index in [2.05, 4.69) is 27.5 Å². The first kappa shape index (κ1) is 14.5. The number of hydrogen-bond acceptors (Lipinski definition) is 6. The van der Waals surface area contributed by atoms with E-state index in [1.165, 1.54) is 0 Å². The predicted molar refractivity (Wildman–Crippen MR) is 85.0 cm³/mol. The maximum Gasteiger partial charge on any atom is 0.258 e.